The van der Waals surface area contributed by atoms with E-state index >= 15 is 0 Å². The molecular weight excluding hydrogens is 356 g/mol. The highest BCUT2D eigenvalue weighted by Crippen LogP contribution is 2.13. The Morgan fingerprint density at radius 2 is 2.18 bits per heavy atom. The summed E-state index contributed by atoms with van der Waals surface area (Å²) in [6.45, 7) is 9.76. The largest absolute Gasteiger partial charge is 0.444 e. The normalized spacial score (nSPS) is 17.8. The second-order valence-corrected chi connectivity index (χ2v) is 8.11. The lowest BCUT2D eigenvalue weighted by atomic mass is 10.2. The molecule has 1 amide bonds. The Hall–Kier alpha value is -2.77. The van der Waals surface area contributed by atoms with E-state index in [1.807, 2.05) is 39.1 Å². The first kappa shape index (κ1) is 20.0. The van der Waals surface area contributed by atoms with E-state index in [-0.39, 0.29) is 12.1 Å². The highest BCUT2D eigenvalue weighted by molar-refractivity contribution is 5.80. The van der Waals surface area contributed by atoms with Crippen molar-refractivity contribution in [2.75, 3.05) is 20.1 Å². The summed E-state index contributed by atoms with van der Waals surface area (Å²) < 4.78 is 7.42. The number of carbonyl (C=O) groups is 1. The number of rotatable bonds is 3. The number of nitrogens with one attached hydrogen (secondary N) is 2. The second kappa shape index (κ2) is 8.08. The molecule has 0 aromatic carbocycles. The Morgan fingerprint density at radius 3 is 2.86 bits per heavy atom. The van der Waals surface area contributed by atoms with Gasteiger partial charge >= 0.3 is 6.09 Å². The van der Waals surface area contributed by atoms with Gasteiger partial charge in [-0.3, -0.25) is 4.99 Å². The Balaban J connectivity index is 1.54. The van der Waals surface area contributed by atoms with Crippen LogP contribution in [0.1, 0.15) is 38.6 Å². The lowest BCUT2D eigenvalue weighted by Gasteiger charge is -2.23. The first-order chi connectivity index (χ1) is 13.2. The van der Waals surface area contributed by atoms with Crippen LogP contribution in [-0.2, 0) is 11.3 Å². The number of carbonyl (C=O) groups excluding carboxylic acids is 1. The zero-order valence-electron chi connectivity index (χ0n) is 17.3. The summed E-state index contributed by atoms with van der Waals surface area (Å²) in [4.78, 5) is 23.1. The zero-order chi connectivity index (χ0) is 20.3. The minimum absolute atomic E-state index is 0.0474. The molecule has 2 N–H and O–H groups in total. The number of aromatic nitrogens is 2. The molecule has 8 nitrogen and oxygen atoms in total. The van der Waals surface area contributed by atoms with Crippen LogP contribution in [0.5, 0.6) is 0 Å². The summed E-state index contributed by atoms with van der Waals surface area (Å²) in [5.41, 5.74) is 2.55. The molecule has 1 aliphatic rings. The molecule has 0 radical (unpaired) electrons. The maximum atomic E-state index is 12.0. The minimum Gasteiger partial charge on any atom is -0.444 e. The minimum atomic E-state index is -0.494. The number of alkyl carbamates (subject to hydrolysis) is 1. The highest BCUT2D eigenvalue weighted by Gasteiger charge is 2.27. The molecule has 1 unspecified atom stereocenters. The predicted molar refractivity (Wildman–Crippen MR) is 109 cm³/mol. The molecule has 0 aliphatic carbocycles. The fourth-order valence-electron chi connectivity index (χ4n) is 3.33. The van der Waals surface area contributed by atoms with Crippen molar-refractivity contribution in [2.45, 2.75) is 52.3 Å². The SMILES string of the molecule is CN=C(NCc1cn2c(C)cccc2n1)N1CCC(NC(=O)OC(C)(C)C)C1. The lowest BCUT2D eigenvalue weighted by Crippen LogP contribution is -2.44. The number of ether oxygens (including phenoxy) is 1. The van der Waals surface area contributed by atoms with Crippen molar-refractivity contribution >= 4 is 17.7 Å². The Labute approximate surface area is 166 Å². The van der Waals surface area contributed by atoms with Crippen LogP contribution in [0, 0.1) is 6.92 Å². The molecule has 2 aromatic rings. The van der Waals surface area contributed by atoms with Crippen molar-refractivity contribution in [3.05, 3.63) is 35.8 Å². The van der Waals surface area contributed by atoms with Crippen molar-refractivity contribution in [2.24, 2.45) is 4.99 Å². The number of guanidine groups is 1. The number of hydrogen-bond acceptors (Lipinski definition) is 4. The number of nitrogens with zero attached hydrogens (tertiary/aromatic N) is 4. The van der Waals surface area contributed by atoms with Gasteiger partial charge in [-0.15, -0.1) is 0 Å². The molecule has 1 aliphatic heterocycles. The molecule has 0 saturated carbocycles. The van der Waals surface area contributed by atoms with Gasteiger partial charge in [-0.05, 0) is 46.2 Å². The van der Waals surface area contributed by atoms with Gasteiger partial charge in [0.25, 0.3) is 0 Å². The second-order valence-electron chi connectivity index (χ2n) is 8.11. The number of aryl methyl sites for hydroxylation is 1. The van der Waals surface area contributed by atoms with E-state index in [4.69, 9.17) is 4.74 Å². The van der Waals surface area contributed by atoms with Gasteiger partial charge in [0, 0.05) is 32.0 Å². The van der Waals surface area contributed by atoms with Gasteiger partial charge in [0.05, 0.1) is 18.3 Å². The summed E-state index contributed by atoms with van der Waals surface area (Å²) in [5.74, 6) is 0.808. The van der Waals surface area contributed by atoms with Crippen LogP contribution in [-0.4, -0.2) is 58.1 Å². The third kappa shape index (κ3) is 4.94. The number of imidazole rings is 1. The molecule has 2 aromatic heterocycles. The maximum absolute atomic E-state index is 12.0. The summed E-state index contributed by atoms with van der Waals surface area (Å²) >= 11 is 0. The fourth-order valence-corrected chi connectivity index (χ4v) is 3.33. The Morgan fingerprint density at radius 1 is 1.39 bits per heavy atom. The number of pyridine rings is 1. The van der Waals surface area contributed by atoms with Crippen molar-refractivity contribution in [3.63, 3.8) is 0 Å². The number of aliphatic imine (C=N–C) groups is 1. The molecule has 1 atom stereocenters. The van der Waals surface area contributed by atoms with E-state index in [1.165, 1.54) is 0 Å². The van der Waals surface area contributed by atoms with Crippen molar-refractivity contribution in [3.8, 4) is 0 Å². The third-order valence-corrected chi connectivity index (χ3v) is 4.59. The lowest BCUT2D eigenvalue weighted by molar-refractivity contribution is 0.0507. The fraction of sp³-hybridized carbons (Fsp3) is 0.550. The first-order valence-corrected chi connectivity index (χ1v) is 9.64. The van der Waals surface area contributed by atoms with E-state index in [2.05, 4.69) is 42.9 Å². The predicted octanol–water partition coefficient (Wildman–Crippen LogP) is 2.32. The summed E-state index contributed by atoms with van der Waals surface area (Å²) in [6.07, 6.45) is 2.53. The number of hydrogen-bond donors (Lipinski definition) is 2. The van der Waals surface area contributed by atoms with Gasteiger partial charge in [0.15, 0.2) is 5.96 Å². The van der Waals surface area contributed by atoms with Crippen molar-refractivity contribution in [1.29, 1.82) is 0 Å². The molecule has 152 valence electrons. The molecule has 3 rings (SSSR count). The van der Waals surface area contributed by atoms with Crippen LogP contribution in [0.3, 0.4) is 0 Å². The van der Waals surface area contributed by atoms with Gasteiger partial charge < -0.3 is 24.7 Å². The Bertz CT molecular complexity index is 867. The molecule has 0 spiro atoms. The van der Waals surface area contributed by atoms with E-state index in [1.54, 1.807) is 7.05 Å². The average molecular weight is 387 g/mol. The van der Waals surface area contributed by atoms with Crippen LogP contribution in [0.2, 0.25) is 0 Å². The van der Waals surface area contributed by atoms with E-state index < -0.39 is 5.60 Å². The van der Waals surface area contributed by atoms with E-state index in [0.717, 1.165) is 36.0 Å². The summed E-state index contributed by atoms with van der Waals surface area (Å²) in [6, 6.07) is 6.12. The van der Waals surface area contributed by atoms with E-state index in [0.29, 0.717) is 13.1 Å². The zero-order valence-corrected chi connectivity index (χ0v) is 17.3. The first-order valence-electron chi connectivity index (χ1n) is 9.64. The van der Waals surface area contributed by atoms with Gasteiger partial charge in [-0.1, -0.05) is 6.07 Å². The third-order valence-electron chi connectivity index (χ3n) is 4.59. The topological polar surface area (TPSA) is 83.3 Å². The molecule has 1 fully saturated rings. The Kier molecular flexibility index (Phi) is 5.76. The van der Waals surface area contributed by atoms with Gasteiger partial charge in [-0.25, -0.2) is 9.78 Å². The van der Waals surface area contributed by atoms with Crippen molar-refractivity contribution in [1.82, 2.24) is 24.9 Å². The molecule has 8 heteroatoms. The molecular formula is C20H30N6O2. The monoisotopic (exact) mass is 386 g/mol. The smallest absolute Gasteiger partial charge is 0.407 e. The van der Waals surface area contributed by atoms with Gasteiger partial charge in [0.2, 0.25) is 0 Å². The summed E-state index contributed by atoms with van der Waals surface area (Å²) in [5, 5.41) is 6.32. The van der Waals surface area contributed by atoms with Crippen LogP contribution in [0.15, 0.2) is 29.4 Å². The van der Waals surface area contributed by atoms with Crippen LogP contribution < -0.4 is 10.6 Å². The number of fused-ring (bicyclic) bond motifs is 1. The average Bonchev–Trinajstić information content (AvgIpc) is 3.21. The summed E-state index contributed by atoms with van der Waals surface area (Å²) in [7, 11) is 1.77. The molecule has 3 heterocycles. The molecule has 28 heavy (non-hydrogen) atoms. The number of likely N-dealkylation sites (tertiary alicyclic amines) is 1. The quantitative estimate of drug-likeness (QED) is 0.625. The molecule has 1 saturated heterocycles. The van der Waals surface area contributed by atoms with Crippen molar-refractivity contribution < 1.29 is 9.53 Å². The van der Waals surface area contributed by atoms with Gasteiger partial charge in [-0.2, -0.15) is 0 Å². The van der Waals surface area contributed by atoms with Crippen LogP contribution >= 0.6 is 0 Å². The molecule has 0 bridgehead atoms. The standard InChI is InChI=1S/C20H30N6O2/c1-14-7-6-8-17-23-16(13-26(14)17)11-22-18(21-5)25-10-9-15(12-25)24-19(27)28-20(2,3)4/h6-8,13,15H,9-12H2,1-5H3,(H,21,22)(H,24,27). The highest BCUT2D eigenvalue weighted by atomic mass is 16.6. The van der Waals surface area contributed by atoms with E-state index in [9.17, 15) is 4.79 Å². The van der Waals surface area contributed by atoms with Crippen LogP contribution in [0.25, 0.3) is 5.65 Å². The maximum Gasteiger partial charge on any atom is 0.407 e. The number of amides is 1. The van der Waals surface area contributed by atoms with Gasteiger partial charge in [0.1, 0.15) is 11.2 Å². The van der Waals surface area contributed by atoms with Crippen LogP contribution in [0.4, 0.5) is 4.79 Å².